The number of benzene rings is 1. The Bertz CT molecular complexity index is 411. The van der Waals surface area contributed by atoms with Crippen molar-refractivity contribution >= 4 is 35.2 Å². The summed E-state index contributed by atoms with van der Waals surface area (Å²) in [5.41, 5.74) is 0.801. The zero-order valence-electron chi connectivity index (χ0n) is 9.04. The van der Waals surface area contributed by atoms with Crippen molar-refractivity contribution in [3.05, 3.63) is 39.9 Å². The monoisotopic (exact) mass is 258 g/mol. The highest BCUT2D eigenvalue weighted by Gasteiger charge is 2.01. The first-order valence-electron chi connectivity index (χ1n) is 4.83. The average molecular weight is 259 g/mol. The molecule has 0 heterocycles. The summed E-state index contributed by atoms with van der Waals surface area (Å²) < 4.78 is 4.94. The van der Waals surface area contributed by atoms with Gasteiger partial charge < -0.3 is 4.74 Å². The van der Waals surface area contributed by atoms with E-state index in [2.05, 4.69) is 0 Å². The molecule has 0 radical (unpaired) electrons. The van der Waals surface area contributed by atoms with Crippen LogP contribution in [0.1, 0.15) is 19.4 Å². The SMILES string of the molecule is CC(C)OC(=O)C=Cc1ccc(Cl)c(Cl)c1. The second kappa shape index (κ2) is 5.92. The van der Waals surface area contributed by atoms with Gasteiger partial charge in [0.25, 0.3) is 0 Å². The molecule has 0 unspecified atom stereocenters. The van der Waals surface area contributed by atoms with Crippen molar-refractivity contribution in [2.45, 2.75) is 20.0 Å². The highest BCUT2D eigenvalue weighted by atomic mass is 35.5. The maximum absolute atomic E-state index is 11.2. The number of carbonyl (C=O) groups is 1. The third-order valence-corrected chi connectivity index (χ3v) is 2.45. The standard InChI is InChI=1S/C12H12Cl2O2/c1-8(2)16-12(15)6-4-9-3-5-10(13)11(14)7-9/h3-8H,1-2H3. The molecule has 0 spiro atoms. The molecule has 2 nitrogen and oxygen atoms in total. The summed E-state index contributed by atoms with van der Waals surface area (Å²) in [4.78, 5) is 11.2. The highest BCUT2D eigenvalue weighted by molar-refractivity contribution is 6.42. The van der Waals surface area contributed by atoms with Gasteiger partial charge in [-0.1, -0.05) is 29.3 Å². The van der Waals surface area contributed by atoms with E-state index in [1.165, 1.54) is 6.08 Å². The molecule has 0 atom stereocenters. The minimum absolute atomic E-state index is 0.119. The summed E-state index contributed by atoms with van der Waals surface area (Å²) >= 11 is 11.6. The predicted molar refractivity (Wildman–Crippen MR) is 66.7 cm³/mol. The first-order valence-corrected chi connectivity index (χ1v) is 5.58. The lowest BCUT2D eigenvalue weighted by Gasteiger charge is -2.04. The number of esters is 1. The molecule has 1 rings (SSSR count). The van der Waals surface area contributed by atoms with Crippen molar-refractivity contribution in [1.29, 1.82) is 0 Å². The van der Waals surface area contributed by atoms with Crippen molar-refractivity contribution in [3.8, 4) is 0 Å². The minimum Gasteiger partial charge on any atom is -0.460 e. The summed E-state index contributed by atoms with van der Waals surface area (Å²) in [6.45, 7) is 3.59. The molecule has 0 aliphatic carbocycles. The lowest BCUT2D eigenvalue weighted by molar-refractivity contribution is -0.141. The van der Waals surface area contributed by atoms with E-state index in [4.69, 9.17) is 27.9 Å². The highest BCUT2D eigenvalue weighted by Crippen LogP contribution is 2.23. The fourth-order valence-electron chi connectivity index (χ4n) is 1.05. The van der Waals surface area contributed by atoms with E-state index >= 15 is 0 Å². The zero-order chi connectivity index (χ0) is 12.1. The van der Waals surface area contributed by atoms with E-state index in [9.17, 15) is 4.79 Å². The van der Waals surface area contributed by atoms with Gasteiger partial charge in [-0.15, -0.1) is 0 Å². The average Bonchev–Trinajstić information content (AvgIpc) is 2.19. The van der Waals surface area contributed by atoms with Gasteiger partial charge in [0.05, 0.1) is 16.1 Å². The molecule has 0 aliphatic rings. The molecular formula is C12H12Cl2O2. The Morgan fingerprint density at radius 3 is 2.56 bits per heavy atom. The van der Waals surface area contributed by atoms with Crippen molar-refractivity contribution < 1.29 is 9.53 Å². The number of carbonyl (C=O) groups excluding carboxylic acids is 1. The molecule has 16 heavy (non-hydrogen) atoms. The van der Waals surface area contributed by atoms with E-state index in [1.807, 2.05) is 0 Å². The minimum atomic E-state index is -0.374. The smallest absolute Gasteiger partial charge is 0.331 e. The number of hydrogen-bond acceptors (Lipinski definition) is 2. The number of halogens is 2. The normalized spacial score (nSPS) is 11.1. The van der Waals surface area contributed by atoms with Gasteiger partial charge in [0.15, 0.2) is 0 Å². The third-order valence-electron chi connectivity index (χ3n) is 1.71. The van der Waals surface area contributed by atoms with Crippen LogP contribution in [0, 0.1) is 0 Å². The summed E-state index contributed by atoms with van der Waals surface area (Å²) in [5, 5.41) is 0.949. The van der Waals surface area contributed by atoms with Gasteiger partial charge in [-0.05, 0) is 37.6 Å². The fraction of sp³-hybridized carbons (Fsp3) is 0.250. The topological polar surface area (TPSA) is 26.3 Å². The molecule has 0 aliphatic heterocycles. The van der Waals surface area contributed by atoms with Crippen LogP contribution >= 0.6 is 23.2 Å². The van der Waals surface area contributed by atoms with Crippen LogP contribution in [0.2, 0.25) is 10.0 Å². The van der Waals surface area contributed by atoms with Crippen LogP contribution in [0.15, 0.2) is 24.3 Å². The van der Waals surface area contributed by atoms with Crippen molar-refractivity contribution in [2.75, 3.05) is 0 Å². The second-order valence-electron chi connectivity index (χ2n) is 3.49. The lowest BCUT2D eigenvalue weighted by Crippen LogP contribution is -2.08. The fourth-order valence-corrected chi connectivity index (χ4v) is 1.36. The van der Waals surface area contributed by atoms with Gasteiger partial charge >= 0.3 is 5.97 Å². The molecule has 0 amide bonds. The quantitative estimate of drug-likeness (QED) is 0.606. The first-order chi connectivity index (χ1) is 7.49. The Labute approximate surface area is 105 Å². The second-order valence-corrected chi connectivity index (χ2v) is 4.31. The van der Waals surface area contributed by atoms with Crippen LogP contribution in [0.25, 0.3) is 6.08 Å². The van der Waals surface area contributed by atoms with Crippen LogP contribution in [-0.4, -0.2) is 12.1 Å². The van der Waals surface area contributed by atoms with Crippen LogP contribution < -0.4 is 0 Å². The third kappa shape index (κ3) is 4.25. The summed E-state index contributed by atoms with van der Waals surface area (Å²) in [6, 6.07) is 5.13. The maximum Gasteiger partial charge on any atom is 0.331 e. The van der Waals surface area contributed by atoms with E-state index < -0.39 is 0 Å². The van der Waals surface area contributed by atoms with Crippen molar-refractivity contribution in [3.63, 3.8) is 0 Å². The Kier molecular flexibility index (Phi) is 4.84. The lowest BCUT2D eigenvalue weighted by atomic mass is 10.2. The van der Waals surface area contributed by atoms with Gasteiger partial charge in [0.1, 0.15) is 0 Å². The molecule has 86 valence electrons. The number of hydrogen-bond donors (Lipinski definition) is 0. The maximum atomic E-state index is 11.2. The van der Waals surface area contributed by atoms with E-state index in [1.54, 1.807) is 38.1 Å². The van der Waals surface area contributed by atoms with E-state index in [-0.39, 0.29) is 12.1 Å². The van der Waals surface area contributed by atoms with E-state index in [0.717, 1.165) is 5.56 Å². The van der Waals surface area contributed by atoms with Gasteiger partial charge in [0, 0.05) is 6.08 Å². The van der Waals surface area contributed by atoms with Crippen molar-refractivity contribution in [2.24, 2.45) is 0 Å². The summed E-state index contributed by atoms with van der Waals surface area (Å²) in [6.07, 6.45) is 2.87. The Balaban J connectivity index is 2.69. The first kappa shape index (κ1) is 13.1. The summed E-state index contributed by atoms with van der Waals surface area (Å²) in [5.74, 6) is -0.374. The van der Waals surface area contributed by atoms with Crippen LogP contribution in [0.4, 0.5) is 0 Å². The van der Waals surface area contributed by atoms with Gasteiger partial charge in [-0.2, -0.15) is 0 Å². The van der Waals surface area contributed by atoms with Gasteiger partial charge in [0.2, 0.25) is 0 Å². The molecule has 4 heteroatoms. The Morgan fingerprint density at radius 1 is 1.31 bits per heavy atom. The van der Waals surface area contributed by atoms with Crippen LogP contribution in [0.3, 0.4) is 0 Å². The van der Waals surface area contributed by atoms with Gasteiger partial charge in [-0.3, -0.25) is 0 Å². The molecule has 0 saturated carbocycles. The van der Waals surface area contributed by atoms with Gasteiger partial charge in [-0.25, -0.2) is 4.79 Å². The molecule has 0 bridgehead atoms. The Hall–Kier alpha value is -0.990. The zero-order valence-corrected chi connectivity index (χ0v) is 10.5. The van der Waals surface area contributed by atoms with Crippen LogP contribution in [0.5, 0.6) is 0 Å². The van der Waals surface area contributed by atoms with Crippen molar-refractivity contribution in [1.82, 2.24) is 0 Å². The van der Waals surface area contributed by atoms with E-state index in [0.29, 0.717) is 10.0 Å². The number of ether oxygens (including phenoxy) is 1. The molecule has 1 aromatic carbocycles. The Morgan fingerprint density at radius 2 is 2.00 bits per heavy atom. The molecule has 0 fully saturated rings. The molecule has 0 saturated heterocycles. The largest absolute Gasteiger partial charge is 0.460 e. The molecule has 0 N–H and O–H groups in total. The number of rotatable bonds is 3. The molecular weight excluding hydrogens is 247 g/mol. The summed E-state index contributed by atoms with van der Waals surface area (Å²) in [7, 11) is 0. The predicted octanol–water partition coefficient (Wildman–Crippen LogP) is 3.96. The molecule has 0 aromatic heterocycles. The molecule has 1 aromatic rings. The van der Waals surface area contributed by atoms with Crippen LogP contribution in [-0.2, 0) is 9.53 Å².